The van der Waals surface area contributed by atoms with Crippen LogP contribution in [0.15, 0.2) is 54.9 Å². The lowest BCUT2D eigenvalue weighted by Gasteiger charge is -2.32. The summed E-state index contributed by atoms with van der Waals surface area (Å²) >= 11 is 0. The molecule has 6 nitrogen and oxygen atoms in total. The minimum absolute atomic E-state index is 0.0692. The van der Waals surface area contributed by atoms with Gasteiger partial charge in [0, 0.05) is 25.0 Å². The van der Waals surface area contributed by atoms with E-state index >= 15 is 0 Å². The van der Waals surface area contributed by atoms with E-state index in [0.29, 0.717) is 18.8 Å². The highest BCUT2D eigenvalue weighted by molar-refractivity contribution is 5.94. The van der Waals surface area contributed by atoms with Crippen LogP contribution in [0.1, 0.15) is 12.8 Å². The van der Waals surface area contributed by atoms with E-state index in [1.807, 2.05) is 30.3 Å². The Bertz CT molecular complexity index is 631. The molecule has 2 heterocycles. The summed E-state index contributed by atoms with van der Waals surface area (Å²) in [5.74, 6) is -0.277. The number of hydrogen-bond acceptors (Lipinski definition) is 3. The number of rotatable bonds is 3. The maximum Gasteiger partial charge on any atom is 0.321 e. The monoisotopic (exact) mass is 324 g/mol. The van der Waals surface area contributed by atoms with Crippen molar-refractivity contribution >= 4 is 23.3 Å². The van der Waals surface area contributed by atoms with Crippen molar-refractivity contribution in [3.05, 3.63) is 54.9 Å². The fraction of sp³-hybridized carbons (Fsp3) is 0.278. The fourth-order valence-corrected chi connectivity index (χ4v) is 2.78. The van der Waals surface area contributed by atoms with Gasteiger partial charge in [0.25, 0.3) is 0 Å². The highest BCUT2D eigenvalue weighted by Crippen LogP contribution is 2.19. The number of likely N-dealkylation sites (tertiary alicyclic amines) is 1. The number of carbonyl (C=O) groups excluding carboxylic acids is 2. The Hall–Kier alpha value is -2.89. The number of aromatic nitrogens is 1. The largest absolute Gasteiger partial charge is 0.324 e. The molecular weight excluding hydrogens is 304 g/mol. The van der Waals surface area contributed by atoms with Crippen LogP contribution in [0.2, 0.25) is 0 Å². The smallest absolute Gasteiger partial charge is 0.321 e. The lowest BCUT2D eigenvalue weighted by molar-refractivity contribution is -0.121. The summed E-state index contributed by atoms with van der Waals surface area (Å²) in [4.78, 5) is 30.4. The van der Waals surface area contributed by atoms with Crippen molar-refractivity contribution < 1.29 is 9.59 Å². The first-order chi connectivity index (χ1) is 11.7. The molecule has 0 aliphatic carbocycles. The van der Waals surface area contributed by atoms with Crippen LogP contribution in [0.4, 0.5) is 16.2 Å². The molecule has 1 fully saturated rings. The number of urea groups is 1. The molecule has 0 bridgehead atoms. The van der Waals surface area contributed by atoms with Crippen molar-refractivity contribution in [3.63, 3.8) is 0 Å². The fourth-order valence-electron chi connectivity index (χ4n) is 2.78. The maximum absolute atomic E-state index is 12.4. The summed E-state index contributed by atoms with van der Waals surface area (Å²) in [6.07, 6.45) is 4.86. The third kappa shape index (κ3) is 4.10. The lowest BCUT2D eigenvalue weighted by atomic mass is 9.97. The predicted octanol–water partition coefficient (Wildman–Crippen LogP) is 2.96. The number of hydrogen-bond donors (Lipinski definition) is 2. The quantitative estimate of drug-likeness (QED) is 0.911. The number of carbonyl (C=O) groups is 2. The molecule has 2 aromatic rings. The highest BCUT2D eigenvalue weighted by atomic mass is 16.2. The standard InChI is InChI=1S/C18H20N4O2/c23-17(20-16-9-4-10-19-12-16)14-6-5-11-22(13-14)18(24)21-15-7-2-1-3-8-15/h1-4,7-10,12,14H,5-6,11,13H2,(H,20,23)(H,21,24)/t14-/m1/s1. The third-order valence-electron chi connectivity index (χ3n) is 4.03. The Kier molecular flexibility index (Phi) is 5.05. The Labute approximate surface area is 140 Å². The van der Waals surface area contributed by atoms with Gasteiger partial charge in [-0.25, -0.2) is 4.79 Å². The zero-order valence-electron chi connectivity index (χ0n) is 13.3. The van der Waals surface area contributed by atoms with E-state index < -0.39 is 0 Å². The Morgan fingerprint density at radius 2 is 1.83 bits per heavy atom. The summed E-state index contributed by atoms with van der Waals surface area (Å²) in [5.41, 5.74) is 1.43. The first kappa shape index (κ1) is 16.0. The second kappa shape index (κ2) is 7.59. The number of pyridine rings is 1. The Morgan fingerprint density at radius 1 is 1.04 bits per heavy atom. The molecule has 1 saturated heterocycles. The van der Waals surface area contributed by atoms with Gasteiger partial charge in [-0.15, -0.1) is 0 Å². The molecule has 1 aromatic carbocycles. The van der Waals surface area contributed by atoms with Crippen LogP contribution in [0.3, 0.4) is 0 Å². The van der Waals surface area contributed by atoms with Gasteiger partial charge in [0.05, 0.1) is 17.8 Å². The summed E-state index contributed by atoms with van der Waals surface area (Å²) in [6, 6.07) is 12.7. The summed E-state index contributed by atoms with van der Waals surface area (Å²) in [5, 5.41) is 5.73. The van der Waals surface area contributed by atoms with E-state index in [1.54, 1.807) is 29.4 Å². The van der Waals surface area contributed by atoms with Gasteiger partial charge in [-0.1, -0.05) is 18.2 Å². The lowest BCUT2D eigenvalue weighted by Crippen LogP contribution is -2.45. The molecule has 2 N–H and O–H groups in total. The second-order valence-electron chi connectivity index (χ2n) is 5.81. The normalized spacial score (nSPS) is 17.2. The molecule has 6 heteroatoms. The number of amides is 3. The zero-order chi connectivity index (χ0) is 16.8. The van der Waals surface area contributed by atoms with Gasteiger partial charge in [0.2, 0.25) is 5.91 Å². The molecule has 1 aliphatic heterocycles. The van der Waals surface area contributed by atoms with E-state index in [9.17, 15) is 9.59 Å². The molecule has 0 unspecified atom stereocenters. The van der Waals surface area contributed by atoms with Crippen LogP contribution in [-0.4, -0.2) is 34.9 Å². The molecule has 0 spiro atoms. The minimum atomic E-state index is -0.208. The molecule has 1 atom stereocenters. The zero-order valence-corrected chi connectivity index (χ0v) is 13.3. The summed E-state index contributed by atoms with van der Waals surface area (Å²) in [7, 11) is 0. The molecule has 0 saturated carbocycles. The Balaban J connectivity index is 1.57. The van der Waals surface area contributed by atoms with Crippen LogP contribution in [0.25, 0.3) is 0 Å². The maximum atomic E-state index is 12.4. The first-order valence-corrected chi connectivity index (χ1v) is 8.04. The van der Waals surface area contributed by atoms with E-state index in [0.717, 1.165) is 18.5 Å². The molecule has 124 valence electrons. The van der Waals surface area contributed by atoms with Crippen LogP contribution >= 0.6 is 0 Å². The van der Waals surface area contributed by atoms with Crippen LogP contribution in [0.5, 0.6) is 0 Å². The van der Waals surface area contributed by atoms with E-state index in [4.69, 9.17) is 0 Å². The molecule has 0 radical (unpaired) electrons. The first-order valence-electron chi connectivity index (χ1n) is 8.04. The third-order valence-corrected chi connectivity index (χ3v) is 4.03. The van der Waals surface area contributed by atoms with Crippen molar-refractivity contribution in [2.45, 2.75) is 12.8 Å². The van der Waals surface area contributed by atoms with Gasteiger partial charge in [-0.3, -0.25) is 9.78 Å². The van der Waals surface area contributed by atoms with Crippen molar-refractivity contribution in [2.75, 3.05) is 23.7 Å². The predicted molar refractivity (Wildman–Crippen MR) is 92.6 cm³/mol. The molecule has 24 heavy (non-hydrogen) atoms. The average molecular weight is 324 g/mol. The number of benzene rings is 1. The molecule has 3 rings (SSSR count). The van der Waals surface area contributed by atoms with Gasteiger partial charge < -0.3 is 15.5 Å². The van der Waals surface area contributed by atoms with Crippen molar-refractivity contribution in [1.82, 2.24) is 9.88 Å². The van der Waals surface area contributed by atoms with Gasteiger partial charge in [0.15, 0.2) is 0 Å². The molecular formula is C18H20N4O2. The minimum Gasteiger partial charge on any atom is -0.324 e. The summed E-state index contributed by atoms with van der Waals surface area (Å²) < 4.78 is 0. The van der Waals surface area contributed by atoms with Gasteiger partial charge in [0.1, 0.15) is 0 Å². The molecule has 3 amide bonds. The van der Waals surface area contributed by atoms with E-state index in [2.05, 4.69) is 15.6 Å². The second-order valence-corrected chi connectivity index (χ2v) is 5.81. The average Bonchev–Trinajstić information content (AvgIpc) is 2.63. The summed E-state index contributed by atoms with van der Waals surface area (Å²) in [6.45, 7) is 1.08. The Morgan fingerprint density at radius 3 is 2.58 bits per heavy atom. The number of piperidine rings is 1. The van der Waals surface area contributed by atoms with Gasteiger partial charge in [-0.05, 0) is 37.1 Å². The topological polar surface area (TPSA) is 74.3 Å². The number of anilines is 2. The SMILES string of the molecule is O=C(Nc1cccnc1)[C@@H]1CCCN(C(=O)Nc2ccccc2)C1. The highest BCUT2D eigenvalue weighted by Gasteiger charge is 2.28. The van der Waals surface area contributed by atoms with Crippen LogP contribution in [0, 0.1) is 5.92 Å². The van der Waals surface area contributed by atoms with Crippen LogP contribution < -0.4 is 10.6 Å². The molecule has 1 aromatic heterocycles. The van der Waals surface area contributed by atoms with Crippen molar-refractivity contribution in [3.8, 4) is 0 Å². The van der Waals surface area contributed by atoms with Crippen molar-refractivity contribution in [1.29, 1.82) is 0 Å². The molecule has 1 aliphatic rings. The van der Waals surface area contributed by atoms with Gasteiger partial charge >= 0.3 is 6.03 Å². The number of nitrogens with zero attached hydrogens (tertiary/aromatic N) is 2. The number of nitrogens with one attached hydrogen (secondary N) is 2. The van der Waals surface area contributed by atoms with Crippen LogP contribution in [-0.2, 0) is 4.79 Å². The number of para-hydroxylation sites is 1. The van der Waals surface area contributed by atoms with Crippen molar-refractivity contribution in [2.24, 2.45) is 5.92 Å². The van der Waals surface area contributed by atoms with Gasteiger partial charge in [-0.2, -0.15) is 0 Å². The van der Waals surface area contributed by atoms with E-state index in [-0.39, 0.29) is 17.9 Å². The van der Waals surface area contributed by atoms with E-state index in [1.165, 1.54) is 0 Å².